The minimum Gasteiger partial charge on any atom is -0.337 e. The number of alkyl halides is 1. The number of piperidine rings is 1. The van der Waals surface area contributed by atoms with Gasteiger partial charge in [-0.3, -0.25) is 4.79 Å². The van der Waals surface area contributed by atoms with E-state index in [2.05, 4.69) is 22.0 Å². The van der Waals surface area contributed by atoms with Crippen molar-refractivity contribution in [2.45, 2.75) is 18.2 Å². The lowest BCUT2D eigenvalue weighted by molar-refractivity contribution is 0.0727. The molecule has 1 aliphatic rings. The summed E-state index contributed by atoms with van der Waals surface area (Å²) in [6.07, 6.45) is 1.98. The van der Waals surface area contributed by atoms with E-state index >= 15 is 0 Å². The predicted octanol–water partition coefficient (Wildman–Crippen LogP) is 4.45. The number of amides is 1. The van der Waals surface area contributed by atoms with Crippen LogP contribution in [0.15, 0.2) is 40.9 Å². The van der Waals surface area contributed by atoms with Crippen LogP contribution in [-0.2, 0) is 0 Å². The first-order chi connectivity index (χ1) is 9.63. The number of likely N-dealkylation sites (tertiary alicyclic amines) is 1. The molecule has 0 radical (unpaired) electrons. The predicted molar refractivity (Wildman–Crippen MR) is 86.4 cm³/mol. The third kappa shape index (κ3) is 2.84. The number of carbonyl (C=O) groups excluding carboxylic acids is 1. The van der Waals surface area contributed by atoms with Crippen molar-refractivity contribution in [1.29, 1.82) is 0 Å². The molecule has 2 aromatic rings. The summed E-state index contributed by atoms with van der Waals surface area (Å²) in [7, 11) is 0. The highest BCUT2D eigenvalue weighted by Gasteiger charge is 2.23. The second-order valence-electron chi connectivity index (χ2n) is 5.20. The van der Waals surface area contributed by atoms with Crippen molar-refractivity contribution in [2.24, 2.45) is 0 Å². The van der Waals surface area contributed by atoms with Gasteiger partial charge in [-0.05, 0) is 47.9 Å². The van der Waals surface area contributed by atoms with E-state index in [0.717, 1.165) is 40.2 Å². The molecule has 1 unspecified atom stereocenters. The number of halogens is 2. The Hall–Kier alpha value is -1.06. The summed E-state index contributed by atoms with van der Waals surface area (Å²) in [4.78, 5) is 14.4. The highest BCUT2D eigenvalue weighted by atomic mass is 79.9. The second-order valence-corrected chi connectivity index (χ2v) is 6.73. The number of carbonyl (C=O) groups is 1. The summed E-state index contributed by atoms with van der Waals surface area (Å²) in [6, 6.07) is 11.9. The quantitative estimate of drug-likeness (QED) is 0.695. The molecule has 1 fully saturated rings. The van der Waals surface area contributed by atoms with Crippen LogP contribution in [-0.4, -0.2) is 29.3 Å². The van der Waals surface area contributed by atoms with Crippen LogP contribution in [0.5, 0.6) is 0 Å². The number of hydrogen-bond donors (Lipinski definition) is 0. The second kappa shape index (κ2) is 5.74. The number of hydrogen-bond acceptors (Lipinski definition) is 1. The van der Waals surface area contributed by atoms with E-state index in [1.54, 1.807) is 0 Å². The molecule has 1 heterocycles. The Morgan fingerprint density at radius 1 is 1.20 bits per heavy atom. The summed E-state index contributed by atoms with van der Waals surface area (Å²) >= 11 is 9.62. The van der Waals surface area contributed by atoms with Crippen molar-refractivity contribution < 1.29 is 4.79 Å². The van der Waals surface area contributed by atoms with Crippen molar-refractivity contribution in [3.8, 4) is 0 Å². The van der Waals surface area contributed by atoms with Gasteiger partial charge in [-0.25, -0.2) is 0 Å². The fourth-order valence-corrected chi connectivity index (χ4v) is 3.34. The molecule has 0 spiro atoms. The maximum Gasteiger partial charge on any atom is 0.253 e. The molecule has 104 valence electrons. The Morgan fingerprint density at radius 3 is 2.75 bits per heavy atom. The average molecular weight is 353 g/mol. The van der Waals surface area contributed by atoms with Crippen LogP contribution in [0.2, 0.25) is 0 Å². The minimum absolute atomic E-state index is 0.0835. The SMILES string of the molecule is O=C(c1ccc2cc(Br)ccc2c1)N1CCCC(Cl)C1. The molecule has 0 bridgehead atoms. The Kier molecular flexibility index (Phi) is 3.99. The molecule has 3 rings (SSSR count). The van der Waals surface area contributed by atoms with E-state index in [0.29, 0.717) is 6.54 Å². The van der Waals surface area contributed by atoms with Crippen molar-refractivity contribution in [3.63, 3.8) is 0 Å². The van der Waals surface area contributed by atoms with Gasteiger partial charge in [0.1, 0.15) is 0 Å². The lowest BCUT2D eigenvalue weighted by atomic mass is 10.0. The standard InChI is InChI=1S/C16H15BrClNO/c17-14-6-5-11-8-13(4-3-12(11)9-14)16(20)19-7-1-2-15(18)10-19/h3-6,8-9,15H,1-2,7,10H2. The van der Waals surface area contributed by atoms with E-state index in [1.165, 1.54) is 0 Å². The van der Waals surface area contributed by atoms with Gasteiger partial charge >= 0.3 is 0 Å². The fourth-order valence-electron chi connectivity index (χ4n) is 2.64. The number of rotatable bonds is 1. The summed E-state index contributed by atoms with van der Waals surface area (Å²) in [6.45, 7) is 1.46. The molecular formula is C16H15BrClNO. The van der Waals surface area contributed by atoms with Crippen LogP contribution in [0.25, 0.3) is 10.8 Å². The maximum absolute atomic E-state index is 12.5. The van der Waals surface area contributed by atoms with Gasteiger partial charge < -0.3 is 4.90 Å². The average Bonchev–Trinajstić information content (AvgIpc) is 2.46. The number of fused-ring (bicyclic) bond motifs is 1. The van der Waals surface area contributed by atoms with E-state index in [4.69, 9.17) is 11.6 Å². The van der Waals surface area contributed by atoms with Crippen molar-refractivity contribution in [3.05, 3.63) is 46.4 Å². The molecule has 4 heteroatoms. The Morgan fingerprint density at radius 2 is 1.95 bits per heavy atom. The Bertz CT molecular complexity index is 658. The molecule has 0 saturated carbocycles. The van der Waals surface area contributed by atoms with Crippen LogP contribution in [0.1, 0.15) is 23.2 Å². The van der Waals surface area contributed by atoms with Crippen LogP contribution < -0.4 is 0 Å². The van der Waals surface area contributed by atoms with E-state index in [1.807, 2.05) is 35.2 Å². The maximum atomic E-state index is 12.5. The molecule has 2 aromatic carbocycles. The monoisotopic (exact) mass is 351 g/mol. The van der Waals surface area contributed by atoms with Gasteiger partial charge in [-0.1, -0.05) is 28.1 Å². The fraction of sp³-hybridized carbons (Fsp3) is 0.312. The largest absolute Gasteiger partial charge is 0.337 e. The summed E-state index contributed by atoms with van der Waals surface area (Å²) in [5, 5.41) is 2.30. The van der Waals surface area contributed by atoms with Gasteiger partial charge in [-0.15, -0.1) is 11.6 Å². The van der Waals surface area contributed by atoms with Gasteiger partial charge in [-0.2, -0.15) is 0 Å². The van der Waals surface area contributed by atoms with Gasteiger partial charge in [0.25, 0.3) is 5.91 Å². The van der Waals surface area contributed by atoms with Crippen LogP contribution >= 0.6 is 27.5 Å². The van der Waals surface area contributed by atoms with Crippen LogP contribution in [0.3, 0.4) is 0 Å². The van der Waals surface area contributed by atoms with Crippen LogP contribution in [0, 0.1) is 0 Å². The zero-order valence-corrected chi connectivity index (χ0v) is 13.3. The first-order valence-electron chi connectivity index (χ1n) is 6.76. The van der Waals surface area contributed by atoms with Gasteiger partial charge in [0, 0.05) is 23.1 Å². The molecule has 1 amide bonds. The van der Waals surface area contributed by atoms with Crippen molar-refractivity contribution in [1.82, 2.24) is 4.90 Å². The zero-order valence-electron chi connectivity index (χ0n) is 11.0. The van der Waals surface area contributed by atoms with E-state index < -0.39 is 0 Å². The molecule has 20 heavy (non-hydrogen) atoms. The summed E-state index contributed by atoms with van der Waals surface area (Å²) in [5.74, 6) is 0.0835. The first kappa shape index (κ1) is 13.9. The van der Waals surface area contributed by atoms with Gasteiger partial charge in [0.2, 0.25) is 0 Å². The lowest BCUT2D eigenvalue weighted by Crippen LogP contribution is -2.40. The summed E-state index contributed by atoms with van der Waals surface area (Å²) in [5.41, 5.74) is 0.741. The third-order valence-corrected chi connectivity index (χ3v) is 4.55. The van der Waals surface area contributed by atoms with E-state index in [-0.39, 0.29) is 11.3 Å². The number of nitrogens with zero attached hydrogens (tertiary/aromatic N) is 1. The molecule has 0 N–H and O–H groups in total. The smallest absolute Gasteiger partial charge is 0.253 e. The lowest BCUT2D eigenvalue weighted by Gasteiger charge is -2.29. The normalized spacial score (nSPS) is 19.3. The third-order valence-electron chi connectivity index (χ3n) is 3.70. The molecule has 2 nitrogen and oxygen atoms in total. The Balaban J connectivity index is 1.89. The summed E-state index contributed by atoms with van der Waals surface area (Å²) < 4.78 is 1.05. The molecule has 1 atom stereocenters. The zero-order chi connectivity index (χ0) is 14.1. The Labute approximate surface area is 131 Å². The van der Waals surface area contributed by atoms with Gasteiger partial charge in [0.05, 0.1) is 5.38 Å². The van der Waals surface area contributed by atoms with Crippen LogP contribution in [0.4, 0.5) is 0 Å². The minimum atomic E-state index is 0.0835. The topological polar surface area (TPSA) is 20.3 Å². The van der Waals surface area contributed by atoms with Gasteiger partial charge in [0.15, 0.2) is 0 Å². The molecular weight excluding hydrogens is 338 g/mol. The molecule has 0 aromatic heterocycles. The molecule has 1 saturated heterocycles. The van der Waals surface area contributed by atoms with Crippen molar-refractivity contribution >= 4 is 44.2 Å². The van der Waals surface area contributed by atoms with Crippen molar-refractivity contribution in [2.75, 3.05) is 13.1 Å². The van der Waals surface area contributed by atoms with E-state index in [9.17, 15) is 4.79 Å². The highest BCUT2D eigenvalue weighted by Crippen LogP contribution is 2.23. The highest BCUT2D eigenvalue weighted by molar-refractivity contribution is 9.10. The molecule has 0 aliphatic carbocycles. The molecule has 1 aliphatic heterocycles. The first-order valence-corrected chi connectivity index (χ1v) is 7.99. The number of benzene rings is 2.